The van der Waals surface area contributed by atoms with Gasteiger partial charge in [0.1, 0.15) is 0 Å². The quantitative estimate of drug-likeness (QED) is 0.805. The average Bonchev–Trinajstić information content (AvgIpc) is 3.12. The van der Waals surface area contributed by atoms with Crippen molar-refractivity contribution in [3.63, 3.8) is 0 Å². The lowest BCUT2D eigenvalue weighted by molar-refractivity contribution is 0.0569. The average molecular weight is 355 g/mol. The molecule has 1 atom stereocenters. The zero-order valence-electron chi connectivity index (χ0n) is 16.2. The molecule has 0 spiro atoms. The molecule has 1 aromatic carbocycles. The first-order valence-corrected chi connectivity index (χ1v) is 9.47. The Labute approximate surface area is 156 Å². The smallest absolute Gasteiger partial charge is 0.292 e. The van der Waals surface area contributed by atoms with Gasteiger partial charge in [-0.05, 0) is 50.4 Å². The van der Waals surface area contributed by atoms with E-state index in [1.807, 2.05) is 18.7 Å². The van der Waals surface area contributed by atoms with Gasteiger partial charge in [0.15, 0.2) is 0 Å². The molecule has 2 aromatic rings. The zero-order valence-corrected chi connectivity index (χ0v) is 16.2. The molecule has 5 nitrogen and oxygen atoms in total. The molecule has 0 N–H and O–H groups in total. The molecule has 1 aliphatic heterocycles. The van der Waals surface area contributed by atoms with Gasteiger partial charge < -0.3 is 14.3 Å². The molecular formula is C21H29N3O2. The number of rotatable bonds is 5. The van der Waals surface area contributed by atoms with Gasteiger partial charge in [-0.3, -0.25) is 4.79 Å². The fourth-order valence-electron chi connectivity index (χ4n) is 3.53. The van der Waals surface area contributed by atoms with Gasteiger partial charge in [-0.25, -0.2) is 0 Å². The monoisotopic (exact) mass is 355 g/mol. The summed E-state index contributed by atoms with van der Waals surface area (Å²) in [4.78, 5) is 17.1. The van der Waals surface area contributed by atoms with Crippen LogP contribution in [0.5, 0.6) is 0 Å². The number of likely N-dealkylation sites (tertiary alicyclic amines) is 1. The Balaban J connectivity index is 1.79. The molecule has 0 bridgehead atoms. The summed E-state index contributed by atoms with van der Waals surface area (Å²) >= 11 is 0. The van der Waals surface area contributed by atoms with Crippen LogP contribution in [0.4, 0.5) is 0 Å². The van der Waals surface area contributed by atoms with Gasteiger partial charge in [-0.15, -0.1) is 0 Å². The summed E-state index contributed by atoms with van der Waals surface area (Å²) in [5.41, 5.74) is 3.31. The van der Waals surface area contributed by atoms with E-state index in [9.17, 15) is 4.79 Å². The molecule has 0 saturated carbocycles. The first kappa shape index (κ1) is 18.6. The van der Waals surface area contributed by atoms with E-state index < -0.39 is 0 Å². The van der Waals surface area contributed by atoms with Crippen molar-refractivity contribution < 1.29 is 9.32 Å². The third-order valence-electron chi connectivity index (χ3n) is 4.96. The van der Waals surface area contributed by atoms with Crippen molar-refractivity contribution in [3.8, 4) is 0 Å². The number of piperidine rings is 1. The third-order valence-corrected chi connectivity index (χ3v) is 4.96. The highest BCUT2D eigenvalue weighted by molar-refractivity contribution is 5.91. The highest BCUT2D eigenvalue weighted by Gasteiger charge is 2.31. The Morgan fingerprint density at radius 3 is 2.62 bits per heavy atom. The lowest BCUT2D eigenvalue weighted by Crippen LogP contribution is -2.38. The number of hydrogen-bond donors (Lipinski definition) is 0. The van der Waals surface area contributed by atoms with Crippen LogP contribution < -0.4 is 0 Å². The Morgan fingerprint density at radius 1 is 1.27 bits per heavy atom. The van der Waals surface area contributed by atoms with Gasteiger partial charge >= 0.3 is 0 Å². The molecular weight excluding hydrogens is 326 g/mol. The molecule has 1 aliphatic rings. The van der Waals surface area contributed by atoms with Crippen molar-refractivity contribution in [3.05, 3.63) is 52.9 Å². The SMILES string of the molecule is CC(C)c1cc(C(=O)N2CCCCC2c2ccc(CN(C)C)cc2)on1. The number of nitrogens with zero attached hydrogens (tertiary/aromatic N) is 3. The fraction of sp³-hybridized carbons (Fsp3) is 0.524. The maximum atomic E-state index is 13.0. The summed E-state index contributed by atoms with van der Waals surface area (Å²) in [6.07, 6.45) is 3.16. The largest absolute Gasteiger partial charge is 0.351 e. The molecule has 5 heteroatoms. The first-order chi connectivity index (χ1) is 12.5. The van der Waals surface area contributed by atoms with E-state index in [1.54, 1.807) is 6.07 Å². The summed E-state index contributed by atoms with van der Waals surface area (Å²) in [7, 11) is 4.14. The topological polar surface area (TPSA) is 49.6 Å². The van der Waals surface area contributed by atoms with Crippen molar-refractivity contribution in [1.29, 1.82) is 0 Å². The molecule has 0 aliphatic carbocycles. The third kappa shape index (κ3) is 4.15. The molecule has 0 radical (unpaired) electrons. The van der Waals surface area contributed by atoms with E-state index in [-0.39, 0.29) is 17.9 Å². The second kappa shape index (κ2) is 8.04. The molecule has 1 amide bonds. The van der Waals surface area contributed by atoms with Crippen LogP contribution in [0.25, 0.3) is 0 Å². The van der Waals surface area contributed by atoms with Crippen LogP contribution in [0.1, 0.15) is 72.4 Å². The standard InChI is InChI=1S/C21H29N3O2/c1-15(2)18-13-20(26-22-18)21(25)24-12-6-5-7-19(24)17-10-8-16(9-11-17)14-23(3)4/h8-11,13,15,19H,5-7,12,14H2,1-4H3. The number of aromatic nitrogens is 1. The van der Waals surface area contributed by atoms with E-state index in [0.717, 1.165) is 38.0 Å². The van der Waals surface area contributed by atoms with Gasteiger partial charge in [-0.2, -0.15) is 0 Å². The molecule has 1 unspecified atom stereocenters. The molecule has 3 rings (SSSR count). The van der Waals surface area contributed by atoms with Crippen molar-refractivity contribution in [2.24, 2.45) is 0 Å². The molecule has 1 saturated heterocycles. The summed E-state index contributed by atoms with van der Waals surface area (Å²) in [6.45, 7) is 5.78. The van der Waals surface area contributed by atoms with Gasteiger partial charge in [0.05, 0.1) is 11.7 Å². The van der Waals surface area contributed by atoms with E-state index >= 15 is 0 Å². The second-order valence-corrected chi connectivity index (χ2v) is 7.76. The number of amides is 1. The fourth-order valence-corrected chi connectivity index (χ4v) is 3.53. The molecule has 2 heterocycles. The lowest BCUT2D eigenvalue weighted by Gasteiger charge is -2.35. The van der Waals surface area contributed by atoms with Crippen molar-refractivity contribution >= 4 is 5.91 Å². The predicted molar refractivity (Wildman–Crippen MR) is 102 cm³/mol. The molecule has 140 valence electrons. The first-order valence-electron chi connectivity index (χ1n) is 9.47. The van der Waals surface area contributed by atoms with Crippen molar-refractivity contribution in [2.75, 3.05) is 20.6 Å². The summed E-state index contributed by atoms with van der Waals surface area (Å²) in [5.74, 6) is 0.554. The lowest BCUT2D eigenvalue weighted by atomic mass is 9.94. The zero-order chi connectivity index (χ0) is 18.7. The minimum atomic E-state index is -0.0496. The number of benzene rings is 1. The van der Waals surface area contributed by atoms with Gasteiger partial charge in [0.2, 0.25) is 5.76 Å². The number of hydrogen-bond acceptors (Lipinski definition) is 4. The number of carbonyl (C=O) groups is 1. The molecule has 1 fully saturated rings. The van der Waals surface area contributed by atoms with Crippen LogP contribution in [0.2, 0.25) is 0 Å². The Bertz CT molecular complexity index is 734. The summed E-state index contributed by atoms with van der Waals surface area (Å²) in [6, 6.07) is 10.6. The highest BCUT2D eigenvalue weighted by atomic mass is 16.5. The maximum absolute atomic E-state index is 13.0. The normalized spacial score (nSPS) is 17.9. The van der Waals surface area contributed by atoms with Crippen LogP contribution in [0.15, 0.2) is 34.9 Å². The van der Waals surface area contributed by atoms with Crippen LogP contribution in [-0.4, -0.2) is 41.5 Å². The van der Waals surface area contributed by atoms with Crippen molar-refractivity contribution in [2.45, 2.75) is 51.6 Å². The van der Waals surface area contributed by atoms with Gasteiger partial charge in [0, 0.05) is 19.2 Å². The molecule has 1 aromatic heterocycles. The summed E-state index contributed by atoms with van der Waals surface area (Å²) < 4.78 is 5.34. The molecule has 26 heavy (non-hydrogen) atoms. The van der Waals surface area contributed by atoms with E-state index in [4.69, 9.17) is 4.52 Å². The van der Waals surface area contributed by atoms with Gasteiger partial charge in [-0.1, -0.05) is 43.3 Å². The second-order valence-electron chi connectivity index (χ2n) is 7.76. The van der Waals surface area contributed by atoms with Crippen LogP contribution in [0.3, 0.4) is 0 Å². The Morgan fingerprint density at radius 2 is 2.00 bits per heavy atom. The van der Waals surface area contributed by atoms with E-state index in [2.05, 4.69) is 48.4 Å². The van der Waals surface area contributed by atoms with Crippen molar-refractivity contribution in [1.82, 2.24) is 15.0 Å². The van der Waals surface area contributed by atoms with Crippen LogP contribution in [-0.2, 0) is 6.54 Å². The number of carbonyl (C=O) groups excluding carboxylic acids is 1. The van der Waals surface area contributed by atoms with Crippen LogP contribution in [0, 0.1) is 0 Å². The summed E-state index contributed by atoms with van der Waals surface area (Å²) in [5, 5.41) is 4.04. The Kier molecular flexibility index (Phi) is 5.77. The van der Waals surface area contributed by atoms with Crippen LogP contribution >= 0.6 is 0 Å². The predicted octanol–water partition coefficient (Wildman–Crippen LogP) is 4.23. The van der Waals surface area contributed by atoms with E-state index in [1.165, 1.54) is 11.1 Å². The van der Waals surface area contributed by atoms with Gasteiger partial charge in [0.25, 0.3) is 5.91 Å². The minimum Gasteiger partial charge on any atom is -0.351 e. The maximum Gasteiger partial charge on any atom is 0.292 e. The minimum absolute atomic E-state index is 0.0496. The van der Waals surface area contributed by atoms with E-state index in [0.29, 0.717) is 5.76 Å². The Hall–Kier alpha value is -2.14. The highest BCUT2D eigenvalue weighted by Crippen LogP contribution is 2.32.